The van der Waals surface area contributed by atoms with E-state index in [1.54, 1.807) is 0 Å². The van der Waals surface area contributed by atoms with Crippen LogP contribution >= 0.6 is 0 Å². The number of nitrogens with one attached hydrogen (secondary N) is 2. The van der Waals surface area contributed by atoms with E-state index in [0.717, 1.165) is 25.7 Å². The largest absolute Gasteiger partial charge is 0.391 e. The number of aliphatic hydroxyl groups is 2. The minimum Gasteiger partial charge on any atom is -0.391 e. The molecular formula is C23H41N5O6. The Kier molecular flexibility index (Phi) is 10.9. The van der Waals surface area contributed by atoms with Gasteiger partial charge in [-0.3, -0.25) is 19.2 Å². The van der Waals surface area contributed by atoms with E-state index in [-0.39, 0.29) is 56.0 Å². The summed E-state index contributed by atoms with van der Waals surface area (Å²) in [6.45, 7) is 2.84. The number of hydrogen-bond acceptors (Lipinski definition) is 8. The number of nitrogens with zero attached hydrogens (tertiary/aromatic N) is 1. The minimum atomic E-state index is -1.34. The molecule has 2 aliphatic rings. The van der Waals surface area contributed by atoms with Crippen LogP contribution in [0.5, 0.6) is 0 Å². The average molecular weight is 484 g/mol. The molecule has 11 heteroatoms. The van der Waals surface area contributed by atoms with Gasteiger partial charge in [0.25, 0.3) is 0 Å². The number of Topliss-reactive ketones (excluding diaryl/α,β-unsaturated/α-hetero) is 1. The number of aliphatic hydroxyl groups excluding tert-OH is 2. The zero-order chi connectivity index (χ0) is 25.4. The maximum Gasteiger partial charge on any atom is 0.245 e. The van der Waals surface area contributed by atoms with Crippen molar-refractivity contribution in [3.63, 3.8) is 0 Å². The van der Waals surface area contributed by atoms with Crippen molar-refractivity contribution in [3.8, 4) is 0 Å². The number of β-amino-alcohol motifs (C(OH)–C–C–N with tert-alkyl or cyclic N) is 1. The van der Waals surface area contributed by atoms with Crippen molar-refractivity contribution < 1.29 is 29.4 Å². The Morgan fingerprint density at radius 3 is 2.32 bits per heavy atom. The first kappa shape index (κ1) is 28.2. The summed E-state index contributed by atoms with van der Waals surface area (Å²) in [6.07, 6.45) is 3.52. The quantitative estimate of drug-likeness (QED) is 0.205. The molecule has 34 heavy (non-hydrogen) atoms. The van der Waals surface area contributed by atoms with Crippen LogP contribution in [0.25, 0.3) is 0 Å². The van der Waals surface area contributed by atoms with Crippen molar-refractivity contribution in [3.05, 3.63) is 0 Å². The van der Waals surface area contributed by atoms with Gasteiger partial charge in [0.1, 0.15) is 12.1 Å². The van der Waals surface area contributed by atoms with Crippen LogP contribution in [0.4, 0.5) is 0 Å². The van der Waals surface area contributed by atoms with Gasteiger partial charge in [-0.05, 0) is 45.6 Å². The van der Waals surface area contributed by atoms with Gasteiger partial charge in [0.2, 0.25) is 17.7 Å². The summed E-state index contributed by atoms with van der Waals surface area (Å²) >= 11 is 0. The van der Waals surface area contributed by atoms with Crippen molar-refractivity contribution in [2.45, 2.75) is 102 Å². The lowest BCUT2D eigenvalue weighted by Gasteiger charge is -2.31. The smallest absolute Gasteiger partial charge is 0.245 e. The Bertz CT molecular complexity index is 727. The minimum absolute atomic E-state index is 0.00274. The highest BCUT2D eigenvalue weighted by Crippen LogP contribution is 2.28. The molecule has 194 valence electrons. The first-order chi connectivity index (χ1) is 16.0. The Labute approximate surface area is 201 Å². The van der Waals surface area contributed by atoms with Crippen LogP contribution in [0, 0.1) is 5.92 Å². The first-order valence-corrected chi connectivity index (χ1v) is 12.3. The summed E-state index contributed by atoms with van der Waals surface area (Å²) < 4.78 is 0. The van der Waals surface area contributed by atoms with E-state index in [1.807, 2.05) is 0 Å². The molecule has 1 aliphatic heterocycles. The van der Waals surface area contributed by atoms with E-state index in [4.69, 9.17) is 11.5 Å². The number of ketones is 1. The van der Waals surface area contributed by atoms with Crippen LogP contribution in [0.15, 0.2) is 0 Å². The summed E-state index contributed by atoms with van der Waals surface area (Å²) in [4.78, 5) is 51.8. The monoisotopic (exact) mass is 483 g/mol. The van der Waals surface area contributed by atoms with Gasteiger partial charge in [-0.25, -0.2) is 0 Å². The van der Waals surface area contributed by atoms with E-state index in [2.05, 4.69) is 10.6 Å². The fourth-order valence-electron chi connectivity index (χ4n) is 4.85. The van der Waals surface area contributed by atoms with E-state index in [9.17, 15) is 29.4 Å². The second-order valence-corrected chi connectivity index (χ2v) is 9.69. The standard InChI is InChI=1S/C23H41N5O6/c1-13(29)18(8-9-24)26-23(34)21(14(2)30)27-22(33)19-10-16(31)12-28(19)20(32)11-17(25)15-6-4-3-5-7-15/h14-19,21,30-31H,3-12,24-25H2,1-2H3,(H,26,34)(H,27,33)/t14?,16-,17?,18+,19+,21+/m1/s1. The lowest BCUT2D eigenvalue weighted by molar-refractivity contribution is -0.141. The van der Waals surface area contributed by atoms with Crippen molar-refractivity contribution >= 4 is 23.5 Å². The second kappa shape index (κ2) is 13.1. The zero-order valence-electron chi connectivity index (χ0n) is 20.2. The summed E-state index contributed by atoms with van der Waals surface area (Å²) in [5.74, 6) is -1.72. The van der Waals surface area contributed by atoms with E-state index in [1.165, 1.54) is 25.2 Å². The number of amides is 3. The summed E-state index contributed by atoms with van der Waals surface area (Å²) in [6, 6.07) is -3.46. The molecule has 8 N–H and O–H groups in total. The molecule has 0 aromatic heterocycles. The van der Waals surface area contributed by atoms with Crippen LogP contribution in [0.1, 0.15) is 65.2 Å². The predicted octanol–water partition coefficient (Wildman–Crippen LogP) is -1.47. The van der Waals surface area contributed by atoms with E-state index < -0.39 is 42.1 Å². The molecule has 2 unspecified atom stereocenters. The van der Waals surface area contributed by atoms with E-state index >= 15 is 0 Å². The van der Waals surface area contributed by atoms with Gasteiger partial charge in [0.15, 0.2) is 5.78 Å². The van der Waals surface area contributed by atoms with Gasteiger partial charge in [-0.1, -0.05) is 19.3 Å². The highest BCUT2D eigenvalue weighted by atomic mass is 16.3. The number of carbonyl (C=O) groups is 4. The fourth-order valence-corrected chi connectivity index (χ4v) is 4.85. The Balaban J connectivity index is 2.04. The lowest BCUT2D eigenvalue weighted by Crippen LogP contribution is -2.58. The topological polar surface area (TPSA) is 188 Å². The number of hydrogen-bond donors (Lipinski definition) is 6. The molecule has 1 aliphatic carbocycles. The maximum absolute atomic E-state index is 13.0. The van der Waals surface area contributed by atoms with Gasteiger partial charge >= 0.3 is 0 Å². The fraction of sp³-hybridized carbons (Fsp3) is 0.826. The second-order valence-electron chi connectivity index (χ2n) is 9.69. The Morgan fingerprint density at radius 1 is 1.12 bits per heavy atom. The van der Waals surface area contributed by atoms with Crippen LogP contribution in [0.3, 0.4) is 0 Å². The van der Waals surface area contributed by atoms with Crippen LogP contribution in [0.2, 0.25) is 0 Å². The molecule has 1 heterocycles. The zero-order valence-corrected chi connectivity index (χ0v) is 20.2. The first-order valence-electron chi connectivity index (χ1n) is 12.3. The molecule has 0 aromatic carbocycles. The molecule has 2 fully saturated rings. The van der Waals surface area contributed by atoms with Crippen LogP contribution in [-0.2, 0) is 19.2 Å². The van der Waals surface area contributed by atoms with Crippen molar-refractivity contribution in [2.75, 3.05) is 13.1 Å². The molecule has 1 saturated heterocycles. The number of nitrogens with two attached hydrogens (primary N) is 2. The summed E-state index contributed by atoms with van der Waals surface area (Å²) in [5, 5.41) is 25.3. The highest BCUT2D eigenvalue weighted by Gasteiger charge is 2.41. The number of carbonyl (C=O) groups excluding carboxylic acids is 4. The van der Waals surface area contributed by atoms with Crippen LogP contribution < -0.4 is 22.1 Å². The van der Waals surface area contributed by atoms with Gasteiger partial charge in [0.05, 0.1) is 18.2 Å². The molecule has 2 rings (SSSR count). The Hall–Kier alpha value is -2.08. The molecule has 0 spiro atoms. The molecule has 6 atom stereocenters. The molecule has 0 bridgehead atoms. The molecule has 3 amide bonds. The molecular weight excluding hydrogens is 442 g/mol. The third-order valence-electron chi connectivity index (χ3n) is 6.89. The van der Waals surface area contributed by atoms with Gasteiger partial charge in [-0.15, -0.1) is 0 Å². The summed E-state index contributed by atoms with van der Waals surface area (Å²) in [5.41, 5.74) is 11.8. The van der Waals surface area contributed by atoms with Gasteiger partial charge in [0, 0.05) is 25.4 Å². The lowest BCUT2D eigenvalue weighted by atomic mass is 9.83. The maximum atomic E-state index is 13.0. The van der Waals surface area contributed by atoms with Crippen molar-refractivity contribution in [2.24, 2.45) is 17.4 Å². The van der Waals surface area contributed by atoms with Crippen molar-refractivity contribution in [1.82, 2.24) is 15.5 Å². The number of likely N-dealkylation sites (tertiary alicyclic amines) is 1. The third-order valence-corrected chi connectivity index (χ3v) is 6.89. The van der Waals surface area contributed by atoms with Gasteiger partial charge in [-0.2, -0.15) is 0 Å². The number of rotatable bonds is 11. The average Bonchev–Trinajstić information content (AvgIpc) is 3.19. The molecule has 11 nitrogen and oxygen atoms in total. The van der Waals surface area contributed by atoms with Crippen LogP contribution in [-0.4, -0.2) is 88.1 Å². The van der Waals surface area contributed by atoms with E-state index in [0.29, 0.717) is 0 Å². The van der Waals surface area contributed by atoms with Gasteiger partial charge < -0.3 is 37.2 Å². The van der Waals surface area contributed by atoms with Crippen molar-refractivity contribution in [1.29, 1.82) is 0 Å². The normalized spacial score (nSPS) is 24.7. The Morgan fingerprint density at radius 2 is 1.76 bits per heavy atom. The SMILES string of the molecule is CC(=O)[C@H](CCN)NC(=O)[C@@H](NC(=O)[C@@H]1C[C@@H](O)CN1C(=O)CC(N)C1CCCCC1)C(C)O. The molecule has 0 radical (unpaired) electrons. The predicted molar refractivity (Wildman–Crippen MR) is 125 cm³/mol. The third kappa shape index (κ3) is 7.72. The summed E-state index contributed by atoms with van der Waals surface area (Å²) in [7, 11) is 0. The molecule has 0 aromatic rings. The molecule has 1 saturated carbocycles. The highest BCUT2D eigenvalue weighted by molar-refractivity contribution is 5.94.